The van der Waals surface area contributed by atoms with Crippen LogP contribution in [0.2, 0.25) is 5.02 Å². The van der Waals surface area contributed by atoms with Gasteiger partial charge in [0.15, 0.2) is 0 Å². The largest absolute Gasteiger partial charge is 0.391 e. The van der Waals surface area contributed by atoms with Gasteiger partial charge in [0.2, 0.25) is 35.5 Å². The Morgan fingerprint density at radius 1 is 0.831 bits per heavy atom. The molecule has 3 aliphatic rings. The van der Waals surface area contributed by atoms with Crippen molar-refractivity contribution in [1.29, 1.82) is 0 Å². The highest BCUT2D eigenvalue weighted by Crippen LogP contribution is 2.44. The fourth-order valence-electron chi connectivity index (χ4n) is 10.7. The van der Waals surface area contributed by atoms with E-state index in [2.05, 4.69) is 43.0 Å². The molecule has 3 aliphatic heterocycles. The van der Waals surface area contributed by atoms with E-state index in [1.165, 1.54) is 4.90 Å². The Hall–Kier alpha value is -7.08. The van der Waals surface area contributed by atoms with E-state index in [4.69, 9.17) is 16.6 Å². The first kappa shape index (κ1) is 54.7. The van der Waals surface area contributed by atoms with E-state index < -0.39 is 34.9 Å². The maximum atomic E-state index is 14.2. The molecule has 3 aromatic carbocycles. The van der Waals surface area contributed by atoms with Crippen molar-refractivity contribution < 1.29 is 29.1 Å². The Morgan fingerprint density at radius 3 is 2.27 bits per heavy atom. The highest BCUT2D eigenvalue weighted by molar-refractivity contribution is 7.13. The second-order valence-corrected chi connectivity index (χ2v) is 23.0. The summed E-state index contributed by atoms with van der Waals surface area (Å²) in [6.07, 6.45) is 8.21. The zero-order valence-corrected chi connectivity index (χ0v) is 45.9. The monoisotopic (exact) mass is 1080 g/mol. The Bertz CT molecular complexity index is 3100. The van der Waals surface area contributed by atoms with Gasteiger partial charge < -0.3 is 35.8 Å². The van der Waals surface area contributed by atoms with Gasteiger partial charge in [0.05, 0.1) is 74.3 Å². The predicted molar refractivity (Wildman–Crippen MR) is 300 cm³/mol. The number of amides is 5. The molecule has 6 heterocycles. The van der Waals surface area contributed by atoms with E-state index in [1.54, 1.807) is 34.8 Å². The van der Waals surface area contributed by atoms with Crippen LogP contribution >= 0.6 is 22.9 Å². The van der Waals surface area contributed by atoms with Crippen LogP contribution < -0.4 is 20.9 Å². The molecule has 0 bridgehead atoms. The summed E-state index contributed by atoms with van der Waals surface area (Å²) in [7, 11) is 0. The SMILES string of the molecule is Cc1ncsc1-c1ccc(C(C)NC(=O)[C@@H]2C[C@@H](O)CN2C(=O)C(NC(=O)CCCCCC(=O)N2CCC3(CC2)CCN(c2cncc(Nc4ncc(Cl)c(-c5cccc(-c6ccccc6)c5)n4)c2)C3=O)C(C)(C)C)cc1. The molecular formula is C59H67ClN10O6S. The number of aromatic nitrogens is 4. The van der Waals surface area contributed by atoms with E-state index in [0.29, 0.717) is 92.6 Å². The first-order valence-electron chi connectivity index (χ1n) is 26.6. The van der Waals surface area contributed by atoms with Crippen LogP contribution in [0.5, 0.6) is 0 Å². The van der Waals surface area contributed by atoms with E-state index in [0.717, 1.165) is 38.4 Å². The molecule has 0 aliphatic carbocycles. The average molecular weight is 1080 g/mol. The van der Waals surface area contributed by atoms with Gasteiger partial charge in [0.1, 0.15) is 12.1 Å². The molecule has 16 nitrogen and oxygen atoms in total. The number of hydrogen-bond donors (Lipinski definition) is 4. The number of aryl methyl sites for hydroxylation is 1. The molecule has 18 heteroatoms. The van der Waals surface area contributed by atoms with E-state index >= 15 is 0 Å². The maximum Gasteiger partial charge on any atom is 0.246 e. The van der Waals surface area contributed by atoms with Crippen molar-refractivity contribution >= 4 is 69.8 Å². The minimum Gasteiger partial charge on any atom is -0.391 e. The van der Waals surface area contributed by atoms with Gasteiger partial charge in [0, 0.05) is 51.0 Å². The molecule has 4 atom stereocenters. The number of pyridine rings is 1. The van der Waals surface area contributed by atoms with Crippen molar-refractivity contribution in [2.45, 2.75) is 117 Å². The number of β-amino-alcohol motifs (C(OH)–C–C–N with tert-alkyl or cyclic N) is 1. The summed E-state index contributed by atoms with van der Waals surface area (Å²) in [5, 5.41) is 20.4. The van der Waals surface area contributed by atoms with E-state index in [1.807, 2.05) is 118 Å². The minimum absolute atomic E-state index is 0.0148. The molecule has 5 amide bonds. The molecule has 3 aromatic heterocycles. The summed E-state index contributed by atoms with van der Waals surface area (Å²) in [6, 6.07) is 25.7. The topological polar surface area (TPSA) is 203 Å². The number of carbonyl (C=O) groups is 5. The van der Waals surface area contributed by atoms with E-state index in [9.17, 15) is 29.1 Å². The van der Waals surface area contributed by atoms with Gasteiger partial charge in [-0.15, -0.1) is 11.3 Å². The van der Waals surface area contributed by atoms with Crippen LogP contribution in [-0.2, 0) is 24.0 Å². The van der Waals surface area contributed by atoms with Crippen molar-refractivity contribution in [2.75, 3.05) is 36.4 Å². The van der Waals surface area contributed by atoms with Gasteiger partial charge in [-0.25, -0.2) is 15.0 Å². The van der Waals surface area contributed by atoms with Gasteiger partial charge in [-0.05, 0) is 85.8 Å². The third-order valence-electron chi connectivity index (χ3n) is 15.2. The van der Waals surface area contributed by atoms with Crippen LogP contribution in [0.1, 0.15) is 103 Å². The second kappa shape index (κ2) is 23.7. The number of nitrogens with one attached hydrogen (secondary N) is 3. The van der Waals surface area contributed by atoms with Crippen molar-refractivity contribution in [1.82, 2.24) is 40.4 Å². The van der Waals surface area contributed by atoms with E-state index in [-0.39, 0.29) is 49.1 Å². The van der Waals surface area contributed by atoms with Gasteiger partial charge in [0.25, 0.3) is 0 Å². The normalized spacial score (nSPS) is 18.1. The standard InChI is InChI=1S/C59H67ClN10O6S/c1-37(39-19-21-41(22-20-39)52-38(2)63-36-77-52)64-54(74)48-31-46(71)35-70(48)55(75)53(58(3,4)5)66-49(72)17-10-7-11-18-50(73)68-26-23-59(24-27-68)25-28-69(56(59)76)45-30-44(32-61-33-45)65-57-62-34-47(60)51(67-57)43-16-12-15-42(29-43)40-13-8-6-9-14-40/h6,8-9,12-16,19-22,29-30,32-34,36-37,46,48,53,71H,7,10-11,17-18,23-28,31,35H2,1-5H3,(H,64,74)(H,66,72)(H,62,65,67)/t37?,46-,48+,53?/m1/s1. The summed E-state index contributed by atoms with van der Waals surface area (Å²) in [5.74, 6) is -0.670. The van der Waals surface area contributed by atoms with Gasteiger partial charge >= 0.3 is 0 Å². The number of thiazole rings is 1. The van der Waals surface area contributed by atoms with Gasteiger partial charge in [-0.2, -0.15) is 0 Å². The molecule has 77 heavy (non-hydrogen) atoms. The lowest BCUT2D eigenvalue weighted by atomic mass is 9.77. The Morgan fingerprint density at radius 2 is 1.55 bits per heavy atom. The number of piperidine rings is 1. The number of likely N-dealkylation sites (tertiary alicyclic amines) is 2. The number of aliphatic hydroxyl groups is 1. The van der Waals surface area contributed by atoms with Crippen molar-refractivity contribution in [2.24, 2.45) is 10.8 Å². The number of hydrogen-bond acceptors (Lipinski definition) is 12. The number of nitrogens with zero attached hydrogens (tertiary/aromatic N) is 7. The lowest BCUT2D eigenvalue weighted by Gasteiger charge is -2.38. The molecule has 9 rings (SSSR count). The molecule has 3 fully saturated rings. The molecular weight excluding hydrogens is 1010 g/mol. The summed E-state index contributed by atoms with van der Waals surface area (Å²) in [4.78, 5) is 93.0. The smallest absolute Gasteiger partial charge is 0.246 e. The number of anilines is 3. The molecule has 1 spiro atoms. The maximum absolute atomic E-state index is 14.2. The van der Waals surface area contributed by atoms with Crippen LogP contribution in [0.25, 0.3) is 32.8 Å². The van der Waals surface area contributed by atoms with Crippen LogP contribution in [0, 0.1) is 17.8 Å². The number of aliphatic hydroxyl groups excluding tert-OH is 1. The van der Waals surface area contributed by atoms with Crippen LogP contribution in [-0.4, -0.2) is 109 Å². The Kier molecular flexibility index (Phi) is 16.8. The van der Waals surface area contributed by atoms with Crippen LogP contribution in [0.3, 0.4) is 0 Å². The molecule has 0 radical (unpaired) electrons. The number of carbonyl (C=O) groups excluding carboxylic acids is 5. The fourth-order valence-corrected chi connectivity index (χ4v) is 11.8. The summed E-state index contributed by atoms with van der Waals surface area (Å²) in [5.41, 5.74) is 8.32. The third kappa shape index (κ3) is 12.7. The molecule has 6 aromatic rings. The molecule has 402 valence electrons. The molecule has 2 unspecified atom stereocenters. The fraction of sp³-hybridized carbons (Fsp3) is 0.407. The number of benzene rings is 3. The third-order valence-corrected chi connectivity index (χ3v) is 16.5. The van der Waals surface area contributed by atoms with Crippen molar-refractivity contribution in [3.63, 3.8) is 0 Å². The van der Waals surface area contributed by atoms with Crippen LogP contribution in [0.15, 0.2) is 109 Å². The van der Waals surface area contributed by atoms with Crippen LogP contribution in [0.4, 0.5) is 17.3 Å². The highest BCUT2D eigenvalue weighted by atomic mass is 35.5. The first-order chi connectivity index (χ1) is 37.0. The van der Waals surface area contributed by atoms with Gasteiger partial charge in [-0.3, -0.25) is 29.0 Å². The molecule has 0 saturated carbocycles. The lowest BCUT2D eigenvalue weighted by Crippen LogP contribution is -2.57. The van der Waals surface area contributed by atoms with Crippen molar-refractivity contribution in [3.8, 4) is 32.8 Å². The minimum atomic E-state index is -0.933. The Labute approximate surface area is 459 Å². The number of rotatable bonds is 17. The predicted octanol–water partition coefficient (Wildman–Crippen LogP) is 9.70. The zero-order chi connectivity index (χ0) is 54.4. The summed E-state index contributed by atoms with van der Waals surface area (Å²) in [6.45, 7) is 10.9. The number of halogens is 1. The average Bonchev–Trinajstić information content (AvgIpc) is 4.16. The summed E-state index contributed by atoms with van der Waals surface area (Å²) >= 11 is 8.19. The molecule has 4 N–H and O–H groups in total. The van der Waals surface area contributed by atoms with Gasteiger partial charge in [-0.1, -0.05) is 112 Å². The number of unbranched alkanes of at least 4 members (excludes halogenated alkanes) is 2. The molecule has 3 saturated heterocycles. The lowest BCUT2D eigenvalue weighted by molar-refractivity contribution is -0.144. The quantitative estimate of drug-likeness (QED) is 0.0634. The first-order valence-corrected chi connectivity index (χ1v) is 27.8. The Balaban J connectivity index is 0.712. The summed E-state index contributed by atoms with van der Waals surface area (Å²) < 4.78 is 0. The highest BCUT2D eigenvalue weighted by Gasteiger charge is 2.49. The van der Waals surface area contributed by atoms with Crippen molar-refractivity contribution in [3.05, 3.63) is 125 Å². The second-order valence-electron chi connectivity index (χ2n) is 21.7. The zero-order valence-electron chi connectivity index (χ0n) is 44.3.